The number of carbonyl (C=O) groups is 3. The van der Waals surface area contributed by atoms with Gasteiger partial charge in [-0.15, -0.1) is 6.58 Å². The topological polar surface area (TPSA) is 57.7 Å². The van der Waals surface area contributed by atoms with Gasteiger partial charge in [0.1, 0.15) is 0 Å². The highest BCUT2D eigenvalue weighted by Gasteiger charge is 2.29. The lowest BCUT2D eigenvalue weighted by Gasteiger charge is -2.22. The van der Waals surface area contributed by atoms with Crippen molar-refractivity contribution < 1.29 is 14.4 Å². The summed E-state index contributed by atoms with van der Waals surface area (Å²) in [5.74, 6) is -0.515. The number of carbonyl (C=O) groups excluding carboxylic acids is 3. The van der Waals surface area contributed by atoms with Crippen molar-refractivity contribution in [2.75, 3.05) is 18.0 Å². The zero-order valence-corrected chi connectivity index (χ0v) is 11.8. The average Bonchev–Trinajstić information content (AvgIpc) is 2.82. The summed E-state index contributed by atoms with van der Waals surface area (Å²) in [6.07, 6.45) is 2.28. The minimum atomic E-state index is -0.192. The van der Waals surface area contributed by atoms with Crippen LogP contribution in [-0.2, 0) is 14.4 Å². The van der Waals surface area contributed by atoms with E-state index in [1.54, 1.807) is 11.0 Å². The molecule has 3 amide bonds. The van der Waals surface area contributed by atoms with Gasteiger partial charge in [0.25, 0.3) is 0 Å². The highest BCUT2D eigenvalue weighted by Crippen LogP contribution is 2.16. The first kappa shape index (κ1) is 15.0. The van der Waals surface area contributed by atoms with E-state index in [9.17, 15) is 14.4 Å². The van der Waals surface area contributed by atoms with E-state index in [0.717, 1.165) is 5.69 Å². The van der Waals surface area contributed by atoms with Gasteiger partial charge >= 0.3 is 0 Å². The molecule has 1 fully saturated rings. The maximum Gasteiger partial charge on any atom is 0.229 e. The Balaban J connectivity index is 2.01. The SMILES string of the molecule is C=CCN(C(=O)CCN1C(=O)CCC1=O)c1ccccc1. The molecule has 1 heterocycles. The van der Waals surface area contributed by atoms with Crippen LogP contribution in [0.15, 0.2) is 43.0 Å². The van der Waals surface area contributed by atoms with Crippen LogP contribution >= 0.6 is 0 Å². The predicted octanol–water partition coefficient (Wildman–Crippen LogP) is 1.74. The van der Waals surface area contributed by atoms with Crippen LogP contribution in [0.4, 0.5) is 5.69 Å². The van der Waals surface area contributed by atoms with Gasteiger partial charge in [0.2, 0.25) is 17.7 Å². The van der Waals surface area contributed by atoms with Gasteiger partial charge < -0.3 is 4.90 Å². The highest BCUT2D eigenvalue weighted by molar-refractivity contribution is 6.02. The largest absolute Gasteiger partial charge is 0.309 e. The third kappa shape index (κ3) is 3.56. The van der Waals surface area contributed by atoms with Gasteiger partial charge in [-0.1, -0.05) is 24.3 Å². The second-order valence-corrected chi connectivity index (χ2v) is 4.82. The molecule has 0 unspecified atom stereocenters. The van der Waals surface area contributed by atoms with Crippen LogP contribution in [0.5, 0.6) is 0 Å². The number of rotatable bonds is 6. The molecule has 2 rings (SSSR count). The van der Waals surface area contributed by atoms with E-state index in [1.807, 2.05) is 30.3 Å². The van der Waals surface area contributed by atoms with Gasteiger partial charge in [0.15, 0.2) is 0 Å². The molecule has 1 saturated heterocycles. The van der Waals surface area contributed by atoms with Crippen molar-refractivity contribution in [1.29, 1.82) is 0 Å². The number of hydrogen-bond acceptors (Lipinski definition) is 3. The molecular formula is C16H18N2O3. The summed E-state index contributed by atoms with van der Waals surface area (Å²) >= 11 is 0. The number of amides is 3. The minimum Gasteiger partial charge on any atom is -0.309 e. The van der Waals surface area contributed by atoms with Gasteiger partial charge in [-0.25, -0.2) is 0 Å². The summed E-state index contributed by atoms with van der Waals surface area (Å²) in [5, 5.41) is 0. The smallest absolute Gasteiger partial charge is 0.229 e. The molecule has 0 atom stereocenters. The third-order valence-corrected chi connectivity index (χ3v) is 3.38. The Hall–Kier alpha value is -2.43. The molecular weight excluding hydrogens is 268 g/mol. The monoisotopic (exact) mass is 286 g/mol. The van der Waals surface area contributed by atoms with Crippen LogP contribution in [0.2, 0.25) is 0 Å². The number of para-hydroxylation sites is 1. The molecule has 1 aliphatic rings. The molecule has 110 valence electrons. The van der Waals surface area contributed by atoms with E-state index < -0.39 is 0 Å². The standard InChI is InChI=1S/C16H18N2O3/c1-2-11-17(13-6-4-3-5-7-13)16(21)10-12-18-14(19)8-9-15(18)20/h2-7H,1,8-12H2. The van der Waals surface area contributed by atoms with Crippen molar-refractivity contribution in [1.82, 2.24) is 4.90 Å². The van der Waals surface area contributed by atoms with E-state index in [1.165, 1.54) is 4.90 Å². The van der Waals surface area contributed by atoms with Crippen LogP contribution in [0.25, 0.3) is 0 Å². The fraction of sp³-hybridized carbons (Fsp3) is 0.312. The summed E-state index contributed by atoms with van der Waals surface area (Å²) in [5.41, 5.74) is 0.779. The first-order valence-corrected chi connectivity index (χ1v) is 6.93. The highest BCUT2D eigenvalue weighted by atomic mass is 16.2. The Morgan fingerprint density at radius 2 is 1.81 bits per heavy atom. The maximum absolute atomic E-state index is 12.3. The molecule has 1 aromatic rings. The van der Waals surface area contributed by atoms with Crippen molar-refractivity contribution in [3.05, 3.63) is 43.0 Å². The number of nitrogens with zero attached hydrogens (tertiary/aromatic N) is 2. The van der Waals surface area contributed by atoms with E-state index in [-0.39, 0.29) is 43.5 Å². The third-order valence-electron chi connectivity index (χ3n) is 3.38. The van der Waals surface area contributed by atoms with Crippen LogP contribution in [0, 0.1) is 0 Å². The molecule has 0 N–H and O–H groups in total. The predicted molar refractivity (Wildman–Crippen MR) is 79.6 cm³/mol. The first-order valence-electron chi connectivity index (χ1n) is 6.93. The number of hydrogen-bond donors (Lipinski definition) is 0. The van der Waals surface area contributed by atoms with Gasteiger partial charge in [0, 0.05) is 38.0 Å². The summed E-state index contributed by atoms with van der Waals surface area (Å²) in [6, 6.07) is 9.27. The van der Waals surface area contributed by atoms with Crippen molar-refractivity contribution >= 4 is 23.4 Å². The Bertz CT molecular complexity index is 538. The van der Waals surface area contributed by atoms with E-state index in [0.29, 0.717) is 6.54 Å². The Morgan fingerprint density at radius 3 is 2.38 bits per heavy atom. The summed E-state index contributed by atoms with van der Waals surface area (Å²) < 4.78 is 0. The van der Waals surface area contributed by atoms with Crippen molar-refractivity contribution in [3.8, 4) is 0 Å². The molecule has 21 heavy (non-hydrogen) atoms. The van der Waals surface area contributed by atoms with Crippen LogP contribution in [-0.4, -0.2) is 35.7 Å². The minimum absolute atomic E-state index is 0.125. The second kappa shape index (κ2) is 6.83. The summed E-state index contributed by atoms with van der Waals surface area (Å²) in [4.78, 5) is 38.2. The van der Waals surface area contributed by atoms with E-state index in [4.69, 9.17) is 0 Å². The lowest BCUT2D eigenvalue weighted by atomic mass is 10.2. The molecule has 0 spiro atoms. The average molecular weight is 286 g/mol. The normalized spacial score (nSPS) is 14.4. The zero-order valence-electron chi connectivity index (χ0n) is 11.8. The second-order valence-electron chi connectivity index (χ2n) is 4.82. The van der Waals surface area contributed by atoms with Crippen molar-refractivity contribution in [3.63, 3.8) is 0 Å². The molecule has 0 bridgehead atoms. The van der Waals surface area contributed by atoms with E-state index in [2.05, 4.69) is 6.58 Å². The lowest BCUT2D eigenvalue weighted by molar-refractivity contribution is -0.138. The van der Waals surface area contributed by atoms with Gasteiger partial charge in [-0.3, -0.25) is 19.3 Å². The van der Waals surface area contributed by atoms with Crippen molar-refractivity contribution in [2.24, 2.45) is 0 Å². The Labute approximate surface area is 123 Å². The Morgan fingerprint density at radius 1 is 1.19 bits per heavy atom. The fourth-order valence-corrected chi connectivity index (χ4v) is 2.30. The number of anilines is 1. The first-order chi connectivity index (χ1) is 10.1. The lowest BCUT2D eigenvalue weighted by Crippen LogP contribution is -2.36. The molecule has 0 aromatic heterocycles. The van der Waals surface area contributed by atoms with Gasteiger partial charge in [-0.05, 0) is 12.1 Å². The molecule has 5 heteroatoms. The number of likely N-dealkylation sites (tertiary alicyclic amines) is 1. The van der Waals surface area contributed by atoms with Gasteiger partial charge in [0.05, 0.1) is 0 Å². The zero-order chi connectivity index (χ0) is 15.2. The molecule has 1 aliphatic heterocycles. The van der Waals surface area contributed by atoms with Crippen LogP contribution in [0.1, 0.15) is 19.3 Å². The van der Waals surface area contributed by atoms with E-state index >= 15 is 0 Å². The maximum atomic E-state index is 12.3. The van der Waals surface area contributed by atoms with Crippen LogP contribution < -0.4 is 4.90 Å². The van der Waals surface area contributed by atoms with Crippen molar-refractivity contribution in [2.45, 2.75) is 19.3 Å². The number of imide groups is 1. The molecule has 5 nitrogen and oxygen atoms in total. The molecule has 0 aliphatic carbocycles. The summed E-state index contributed by atoms with van der Waals surface area (Å²) in [7, 11) is 0. The van der Waals surface area contributed by atoms with Crippen LogP contribution in [0.3, 0.4) is 0 Å². The van der Waals surface area contributed by atoms with Gasteiger partial charge in [-0.2, -0.15) is 0 Å². The molecule has 1 aromatic carbocycles. The quantitative estimate of drug-likeness (QED) is 0.591. The Kier molecular flexibility index (Phi) is 4.87. The number of benzene rings is 1. The molecule has 0 saturated carbocycles. The molecule has 0 radical (unpaired) electrons. The summed E-state index contributed by atoms with van der Waals surface area (Å²) in [6.45, 7) is 4.20. The fourth-order valence-electron chi connectivity index (χ4n) is 2.30.